The minimum absolute atomic E-state index is 0.456. The molecule has 4 nitrogen and oxygen atoms in total. The predicted octanol–water partition coefficient (Wildman–Crippen LogP) is 4.06. The van der Waals surface area contributed by atoms with E-state index in [2.05, 4.69) is 35.3 Å². The van der Waals surface area contributed by atoms with Gasteiger partial charge >= 0.3 is 0 Å². The van der Waals surface area contributed by atoms with Crippen LogP contribution in [0.5, 0.6) is 0 Å². The highest BCUT2D eigenvalue weighted by atomic mass is 15.2. The van der Waals surface area contributed by atoms with Crippen molar-refractivity contribution in [1.29, 1.82) is 0 Å². The predicted molar refractivity (Wildman–Crippen MR) is 86.6 cm³/mol. The van der Waals surface area contributed by atoms with Crippen molar-refractivity contribution in [3.63, 3.8) is 0 Å². The number of nitrogens with one attached hydrogen (secondary N) is 1. The Labute approximate surface area is 127 Å². The zero-order chi connectivity index (χ0) is 14.9. The van der Waals surface area contributed by atoms with Crippen molar-refractivity contribution >= 4 is 11.3 Å². The van der Waals surface area contributed by atoms with Crippen molar-refractivity contribution in [3.05, 3.63) is 24.2 Å². The molecule has 0 bridgehead atoms. The lowest BCUT2D eigenvalue weighted by Crippen LogP contribution is -2.28. The summed E-state index contributed by atoms with van der Waals surface area (Å²) in [6.07, 6.45) is 10.5. The van der Waals surface area contributed by atoms with Crippen molar-refractivity contribution < 1.29 is 0 Å². The summed E-state index contributed by atoms with van der Waals surface area (Å²) in [4.78, 5) is 4.52. The molecule has 0 radical (unpaired) electrons. The second kappa shape index (κ2) is 5.66. The number of hydrogen-bond donors (Lipinski definition) is 1. The SMILES string of the molecule is Cc1cc2c(NCC3(CC(C)C)CCCC3)nccn2n1. The molecule has 2 aromatic heterocycles. The smallest absolute Gasteiger partial charge is 0.152 e. The third-order valence-electron chi connectivity index (χ3n) is 4.65. The highest BCUT2D eigenvalue weighted by Crippen LogP contribution is 2.43. The highest BCUT2D eigenvalue weighted by Gasteiger charge is 2.34. The van der Waals surface area contributed by atoms with Crippen LogP contribution in [0.3, 0.4) is 0 Å². The lowest BCUT2D eigenvalue weighted by Gasteiger charge is -2.31. The Bertz CT molecular complexity index is 608. The van der Waals surface area contributed by atoms with Crippen LogP contribution in [0.1, 0.15) is 51.6 Å². The fourth-order valence-electron chi connectivity index (χ4n) is 3.90. The zero-order valence-electron chi connectivity index (χ0n) is 13.4. The van der Waals surface area contributed by atoms with Gasteiger partial charge in [0.25, 0.3) is 0 Å². The van der Waals surface area contributed by atoms with Crippen LogP contribution in [0, 0.1) is 18.3 Å². The van der Waals surface area contributed by atoms with E-state index in [-0.39, 0.29) is 0 Å². The standard InChI is InChI=1S/C17H26N4/c1-13(2)11-17(6-4-5-7-17)12-19-16-15-10-14(3)20-21(15)9-8-18-16/h8-10,13H,4-7,11-12H2,1-3H3,(H,18,19). The van der Waals surface area contributed by atoms with Crippen LogP contribution < -0.4 is 5.32 Å². The van der Waals surface area contributed by atoms with E-state index in [9.17, 15) is 0 Å². The number of fused-ring (bicyclic) bond motifs is 1. The molecule has 21 heavy (non-hydrogen) atoms. The Kier molecular flexibility index (Phi) is 3.87. The van der Waals surface area contributed by atoms with E-state index in [4.69, 9.17) is 0 Å². The van der Waals surface area contributed by atoms with Gasteiger partial charge < -0.3 is 5.32 Å². The summed E-state index contributed by atoms with van der Waals surface area (Å²) in [5.74, 6) is 1.72. The molecule has 0 saturated heterocycles. The number of nitrogens with zero attached hydrogens (tertiary/aromatic N) is 3. The number of hydrogen-bond acceptors (Lipinski definition) is 3. The summed E-state index contributed by atoms with van der Waals surface area (Å²) < 4.78 is 1.91. The first kappa shape index (κ1) is 14.4. The van der Waals surface area contributed by atoms with Gasteiger partial charge in [-0.05, 0) is 43.6 Å². The molecule has 1 fully saturated rings. The topological polar surface area (TPSA) is 42.2 Å². The Morgan fingerprint density at radius 2 is 2.10 bits per heavy atom. The lowest BCUT2D eigenvalue weighted by atomic mass is 9.78. The molecule has 114 valence electrons. The van der Waals surface area contributed by atoms with Crippen LogP contribution in [0.25, 0.3) is 5.52 Å². The average molecular weight is 286 g/mol. The molecule has 1 saturated carbocycles. The van der Waals surface area contributed by atoms with Crippen molar-refractivity contribution in [2.45, 2.75) is 52.9 Å². The maximum atomic E-state index is 4.52. The van der Waals surface area contributed by atoms with Crippen LogP contribution in [-0.4, -0.2) is 21.1 Å². The van der Waals surface area contributed by atoms with Gasteiger partial charge in [-0.25, -0.2) is 9.50 Å². The maximum Gasteiger partial charge on any atom is 0.152 e. The molecule has 4 heteroatoms. The molecule has 0 amide bonds. The van der Waals surface area contributed by atoms with Gasteiger partial charge in [-0.3, -0.25) is 0 Å². The third kappa shape index (κ3) is 3.04. The molecule has 0 spiro atoms. The van der Waals surface area contributed by atoms with Crippen molar-refractivity contribution in [2.24, 2.45) is 11.3 Å². The van der Waals surface area contributed by atoms with E-state index in [0.29, 0.717) is 5.41 Å². The molecule has 1 aliphatic rings. The Morgan fingerprint density at radius 3 is 2.81 bits per heavy atom. The monoisotopic (exact) mass is 286 g/mol. The van der Waals surface area contributed by atoms with Gasteiger partial charge in [0.15, 0.2) is 5.82 Å². The van der Waals surface area contributed by atoms with E-state index in [1.807, 2.05) is 23.8 Å². The first-order chi connectivity index (χ1) is 10.1. The summed E-state index contributed by atoms with van der Waals surface area (Å²) in [6.45, 7) is 7.72. The summed E-state index contributed by atoms with van der Waals surface area (Å²) in [5.41, 5.74) is 2.56. The molecule has 0 aromatic carbocycles. The maximum absolute atomic E-state index is 4.52. The van der Waals surface area contributed by atoms with Gasteiger partial charge in [0.1, 0.15) is 5.52 Å². The average Bonchev–Trinajstić information content (AvgIpc) is 3.02. The van der Waals surface area contributed by atoms with Gasteiger partial charge in [-0.15, -0.1) is 0 Å². The third-order valence-corrected chi connectivity index (χ3v) is 4.65. The van der Waals surface area contributed by atoms with Crippen molar-refractivity contribution in [2.75, 3.05) is 11.9 Å². The van der Waals surface area contributed by atoms with Crippen LogP contribution in [-0.2, 0) is 0 Å². The zero-order valence-corrected chi connectivity index (χ0v) is 13.4. The summed E-state index contributed by atoms with van der Waals surface area (Å²) in [6, 6.07) is 2.10. The fourth-order valence-corrected chi connectivity index (χ4v) is 3.90. The molecule has 2 aromatic rings. The molecule has 2 heterocycles. The number of rotatable bonds is 5. The first-order valence-electron chi connectivity index (χ1n) is 8.13. The molecule has 0 unspecified atom stereocenters. The van der Waals surface area contributed by atoms with E-state index in [1.165, 1.54) is 32.1 Å². The van der Waals surface area contributed by atoms with Crippen molar-refractivity contribution in [1.82, 2.24) is 14.6 Å². The Hall–Kier alpha value is -1.58. The second-order valence-electron chi connectivity index (χ2n) is 7.05. The fraction of sp³-hybridized carbons (Fsp3) is 0.647. The Balaban J connectivity index is 1.78. The van der Waals surface area contributed by atoms with Gasteiger partial charge in [0.2, 0.25) is 0 Å². The van der Waals surface area contributed by atoms with E-state index >= 15 is 0 Å². The second-order valence-corrected chi connectivity index (χ2v) is 7.05. The molecule has 3 rings (SSSR count). The van der Waals surface area contributed by atoms with Gasteiger partial charge in [-0.2, -0.15) is 5.10 Å². The number of aryl methyl sites for hydroxylation is 1. The lowest BCUT2D eigenvalue weighted by molar-refractivity contribution is 0.252. The van der Waals surface area contributed by atoms with E-state index in [0.717, 1.165) is 29.5 Å². The summed E-state index contributed by atoms with van der Waals surface area (Å²) >= 11 is 0. The van der Waals surface area contributed by atoms with E-state index in [1.54, 1.807) is 0 Å². The van der Waals surface area contributed by atoms with Crippen LogP contribution >= 0.6 is 0 Å². The highest BCUT2D eigenvalue weighted by molar-refractivity contribution is 5.67. The quantitative estimate of drug-likeness (QED) is 0.901. The van der Waals surface area contributed by atoms with Crippen LogP contribution in [0.2, 0.25) is 0 Å². The largest absolute Gasteiger partial charge is 0.368 e. The molecular weight excluding hydrogens is 260 g/mol. The number of anilines is 1. The molecule has 1 aliphatic carbocycles. The van der Waals surface area contributed by atoms with Crippen LogP contribution in [0.4, 0.5) is 5.82 Å². The minimum atomic E-state index is 0.456. The molecule has 1 N–H and O–H groups in total. The molecular formula is C17H26N4. The number of aromatic nitrogens is 3. The van der Waals surface area contributed by atoms with Gasteiger partial charge in [0, 0.05) is 18.9 Å². The van der Waals surface area contributed by atoms with Gasteiger partial charge in [-0.1, -0.05) is 26.7 Å². The normalized spacial score (nSPS) is 17.7. The van der Waals surface area contributed by atoms with E-state index < -0.39 is 0 Å². The van der Waals surface area contributed by atoms with Gasteiger partial charge in [0.05, 0.1) is 5.69 Å². The molecule has 0 aliphatic heterocycles. The summed E-state index contributed by atoms with van der Waals surface area (Å²) in [5, 5.41) is 8.07. The molecule has 0 atom stereocenters. The van der Waals surface area contributed by atoms with Crippen LogP contribution in [0.15, 0.2) is 18.5 Å². The Morgan fingerprint density at radius 1 is 1.33 bits per heavy atom. The first-order valence-corrected chi connectivity index (χ1v) is 8.13. The van der Waals surface area contributed by atoms with Crippen molar-refractivity contribution in [3.8, 4) is 0 Å². The summed E-state index contributed by atoms with van der Waals surface area (Å²) in [7, 11) is 0. The minimum Gasteiger partial charge on any atom is -0.368 e.